The summed E-state index contributed by atoms with van der Waals surface area (Å²) < 4.78 is 10.5. The van der Waals surface area contributed by atoms with Gasteiger partial charge in [0.1, 0.15) is 24.0 Å². The maximum absolute atomic E-state index is 12.7. The van der Waals surface area contributed by atoms with E-state index in [-0.39, 0.29) is 11.5 Å². The minimum Gasteiger partial charge on any atom is -0.489 e. The number of carbonyl (C=O) groups is 2. The quantitative estimate of drug-likeness (QED) is 0.288. The monoisotopic (exact) mass is 454 g/mol. The molecule has 0 radical (unpaired) electrons. The first-order valence-corrected chi connectivity index (χ1v) is 10.7. The summed E-state index contributed by atoms with van der Waals surface area (Å²) in [5.41, 5.74) is 5.84. The third kappa shape index (κ3) is 6.11. The van der Waals surface area contributed by atoms with Crippen molar-refractivity contribution in [2.24, 2.45) is 0 Å². The van der Waals surface area contributed by atoms with Crippen LogP contribution in [-0.4, -0.2) is 19.0 Å². The third-order valence-electron chi connectivity index (χ3n) is 5.25. The predicted molar refractivity (Wildman–Crippen MR) is 131 cm³/mol. The van der Waals surface area contributed by atoms with E-state index in [1.807, 2.05) is 39.0 Å². The zero-order chi connectivity index (χ0) is 24.7. The molecule has 0 saturated carbocycles. The summed E-state index contributed by atoms with van der Waals surface area (Å²) in [6, 6.07) is 20.1. The van der Waals surface area contributed by atoms with Crippen molar-refractivity contribution in [1.82, 2.24) is 0 Å². The molecule has 0 aliphatic carbocycles. The SMILES string of the molecule is COC(=O)c1ccc(COc2ccc(/C=C(\C#N)C(=O)Nc3c(C)cc(C)cc3C)cc2)cc1. The largest absolute Gasteiger partial charge is 0.489 e. The van der Waals surface area contributed by atoms with E-state index >= 15 is 0 Å². The predicted octanol–water partition coefficient (Wildman–Crippen LogP) is 5.52. The molecule has 34 heavy (non-hydrogen) atoms. The van der Waals surface area contributed by atoms with Crippen molar-refractivity contribution < 1.29 is 19.1 Å². The molecular formula is C28H26N2O4. The van der Waals surface area contributed by atoms with Gasteiger partial charge in [-0.05, 0) is 73.4 Å². The van der Waals surface area contributed by atoms with E-state index in [4.69, 9.17) is 9.47 Å². The molecule has 0 aromatic heterocycles. The van der Waals surface area contributed by atoms with E-state index in [0.717, 1.165) is 27.9 Å². The van der Waals surface area contributed by atoms with E-state index < -0.39 is 5.91 Å². The van der Waals surface area contributed by atoms with Crippen LogP contribution in [0.2, 0.25) is 0 Å². The molecule has 3 aromatic rings. The van der Waals surface area contributed by atoms with Crippen molar-refractivity contribution in [2.45, 2.75) is 27.4 Å². The van der Waals surface area contributed by atoms with Crippen LogP contribution >= 0.6 is 0 Å². The van der Waals surface area contributed by atoms with Gasteiger partial charge in [-0.15, -0.1) is 0 Å². The molecule has 0 unspecified atom stereocenters. The number of amides is 1. The van der Waals surface area contributed by atoms with Gasteiger partial charge >= 0.3 is 5.97 Å². The van der Waals surface area contributed by atoms with E-state index in [2.05, 4.69) is 5.32 Å². The second kappa shape index (κ2) is 11.0. The Labute approximate surface area is 199 Å². The van der Waals surface area contributed by atoms with Gasteiger partial charge in [-0.2, -0.15) is 5.26 Å². The van der Waals surface area contributed by atoms with Crippen molar-refractivity contribution in [2.75, 3.05) is 12.4 Å². The lowest BCUT2D eigenvalue weighted by atomic mass is 10.0. The second-order valence-electron chi connectivity index (χ2n) is 7.94. The van der Waals surface area contributed by atoms with Crippen molar-refractivity contribution in [1.29, 1.82) is 5.26 Å². The van der Waals surface area contributed by atoms with Crippen molar-refractivity contribution in [3.63, 3.8) is 0 Å². The molecule has 172 valence electrons. The number of nitrogens with zero attached hydrogens (tertiary/aromatic N) is 1. The van der Waals surface area contributed by atoms with Crippen LogP contribution in [0, 0.1) is 32.1 Å². The summed E-state index contributed by atoms with van der Waals surface area (Å²) in [5.74, 6) is -0.193. The first-order valence-electron chi connectivity index (χ1n) is 10.7. The molecule has 6 heteroatoms. The van der Waals surface area contributed by atoms with Crippen LogP contribution in [0.4, 0.5) is 5.69 Å². The number of esters is 1. The molecule has 3 aromatic carbocycles. The van der Waals surface area contributed by atoms with E-state index in [1.54, 1.807) is 54.6 Å². The first-order chi connectivity index (χ1) is 16.3. The fourth-order valence-electron chi connectivity index (χ4n) is 3.56. The zero-order valence-electron chi connectivity index (χ0n) is 19.6. The number of ether oxygens (including phenoxy) is 2. The molecule has 0 saturated heterocycles. The van der Waals surface area contributed by atoms with Crippen molar-refractivity contribution in [3.05, 3.63) is 99.6 Å². The number of rotatable bonds is 7. The maximum atomic E-state index is 12.7. The topological polar surface area (TPSA) is 88.4 Å². The Balaban J connectivity index is 1.65. The minimum atomic E-state index is -0.451. The normalized spacial score (nSPS) is 10.9. The summed E-state index contributed by atoms with van der Waals surface area (Å²) in [6.45, 7) is 6.19. The standard InChI is InChI=1S/C28H26N2O4/c1-18-13-19(2)26(20(3)14-18)30-27(31)24(16-29)15-21-7-11-25(12-8-21)34-17-22-5-9-23(10-6-22)28(32)33-4/h5-15H,17H2,1-4H3,(H,30,31)/b24-15+. The Morgan fingerprint density at radius 3 is 2.15 bits per heavy atom. The highest BCUT2D eigenvalue weighted by Gasteiger charge is 2.13. The molecule has 6 nitrogen and oxygen atoms in total. The average molecular weight is 455 g/mol. The number of hydrogen-bond acceptors (Lipinski definition) is 5. The number of nitriles is 1. The summed E-state index contributed by atoms with van der Waals surface area (Å²) in [4.78, 5) is 24.2. The van der Waals surface area contributed by atoms with Gasteiger partial charge in [0.2, 0.25) is 0 Å². The number of anilines is 1. The van der Waals surface area contributed by atoms with Crippen LogP contribution in [-0.2, 0) is 16.1 Å². The highest BCUT2D eigenvalue weighted by atomic mass is 16.5. The van der Waals surface area contributed by atoms with Crippen LogP contribution in [0.25, 0.3) is 6.08 Å². The lowest BCUT2D eigenvalue weighted by Gasteiger charge is -2.12. The molecule has 0 aliphatic heterocycles. The van der Waals surface area contributed by atoms with Gasteiger partial charge in [0.15, 0.2) is 0 Å². The molecule has 0 atom stereocenters. The van der Waals surface area contributed by atoms with Gasteiger partial charge in [-0.1, -0.05) is 42.0 Å². The summed E-state index contributed by atoms with van der Waals surface area (Å²) in [5, 5.41) is 12.4. The highest BCUT2D eigenvalue weighted by Crippen LogP contribution is 2.23. The van der Waals surface area contributed by atoms with Crippen molar-refractivity contribution >= 4 is 23.6 Å². The Hall–Kier alpha value is -4.37. The fourth-order valence-corrected chi connectivity index (χ4v) is 3.56. The van der Waals surface area contributed by atoms with Crippen LogP contribution < -0.4 is 10.1 Å². The van der Waals surface area contributed by atoms with Crippen LogP contribution in [0.3, 0.4) is 0 Å². The Morgan fingerprint density at radius 2 is 1.59 bits per heavy atom. The molecule has 3 rings (SSSR count). The van der Waals surface area contributed by atoms with Crippen LogP contribution in [0.5, 0.6) is 5.75 Å². The molecule has 0 spiro atoms. The molecule has 0 bridgehead atoms. The van der Waals surface area contributed by atoms with E-state index in [0.29, 0.717) is 23.5 Å². The van der Waals surface area contributed by atoms with Gasteiger partial charge < -0.3 is 14.8 Å². The smallest absolute Gasteiger partial charge is 0.337 e. The molecule has 0 fully saturated rings. The third-order valence-corrected chi connectivity index (χ3v) is 5.25. The number of nitrogens with one attached hydrogen (secondary N) is 1. The number of hydrogen-bond donors (Lipinski definition) is 1. The highest BCUT2D eigenvalue weighted by molar-refractivity contribution is 6.10. The van der Waals surface area contributed by atoms with Gasteiger partial charge in [0, 0.05) is 5.69 Å². The molecule has 0 aliphatic rings. The minimum absolute atomic E-state index is 0.0127. The number of aryl methyl sites for hydroxylation is 3. The van der Waals surface area contributed by atoms with Crippen molar-refractivity contribution in [3.8, 4) is 11.8 Å². The molecule has 0 heterocycles. The Bertz CT molecular complexity index is 1240. The van der Waals surface area contributed by atoms with Gasteiger partial charge in [0.05, 0.1) is 12.7 Å². The van der Waals surface area contributed by atoms with Crippen LogP contribution in [0.1, 0.15) is 38.2 Å². The molecular weight excluding hydrogens is 428 g/mol. The van der Waals surface area contributed by atoms with Crippen LogP contribution in [0.15, 0.2) is 66.2 Å². The summed E-state index contributed by atoms with van der Waals surface area (Å²) in [6.07, 6.45) is 1.55. The average Bonchev–Trinajstić information content (AvgIpc) is 2.83. The molecule has 1 amide bonds. The Kier molecular flexibility index (Phi) is 7.83. The Morgan fingerprint density at radius 1 is 0.971 bits per heavy atom. The number of methoxy groups -OCH3 is 1. The second-order valence-corrected chi connectivity index (χ2v) is 7.94. The maximum Gasteiger partial charge on any atom is 0.337 e. The zero-order valence-corrected chi connectivity index (χ0v) is 19.6. The first kappa shape index (κ1) is 24.3. The van der Waals surface area contributed by atoms with Gasteiger partial charge in [-0.25, -0.2) is 4.79 Å². The van der Waals surface area contributed by atoms with Gasteiger partial charge in [0.25, 0.3) is 5.91 Å². The summed E-state index contributed by atoms with van der Waals surface area (Å²) in [7, 11) is 1.34. The van der Waals surface area contributed by atoms with Gasteiger partial charge in [-0.3, -0.25) is 4.79 Å². The summed E-state index contributed by atoms with van der Waals surface area (Å²) >= 11 is 0. The number of benzene rings is 3. The number of carbonyl (C=O) groups excluding carboxylic acids is 2. The van der Waals surface area contributed by atoms with E-state index in [1.165, 1.54) is 7.11 Å². The lowest BCUT2D eigenvalue weighted by molar-refractivity contribution is -0.112. The van der Waals surface area contributed by atoms with E-state index in [9.17, 15) is 14.9 Å². The fraction of sp³-hybridized carbons (Fsp3) is 0.179. The lowest BCUT2D eigenvalue weighted by Crippen LogP contribution is -2.15. The molecule has 1 N–H and O–H groups in total.